The number of nitrogens with zero attached hydrogens (tertiary/aromatic N) is 1. The molecule has 0 bridgehead atoms. The Morgan fingerprint density at radius 2 is 1.75 bits per heavy atom. The van der Waals surface area contributed by atoms with E-state index < -0.39 is 46.4 Å². The molecule has 1 aromatic rings. The Morgan fingerprint density at radius 1 is 1.05 bits per heavy atom. The molecule has 0 radical (unpaired) electrons. The number of carbonyl (C=O) groups is 5. The van der Waals surface area contributed by atoms with Gasteiger partial charge in [-0.15, -0.1) is 0 Å². The van der Waals surface area contributed by atoms with Crippen LogP contribution < -0.4 is 10.1 Å². The average molecular weight is 734 g/mol. The number of carboxylic acid groups (broad SMARTS) is 1. The lowest BCUT2D eigenvalue weighted by Crippen LogP contribution is -2.53. The molecule has 2 heterocycles. The Bertz CT molecular complexity index is 1190. The van der Waals surface area contributed by atoms with Gasteiger partial charge in [0.1, 0.15) is 18.5 Å². The lowest BCUT2D eigenvalue weighted by atomic mass is 10.0. The van der Waals surface area contributed by atoms with E-state index in [1.165, 1.54) is 34.7 Å². The van der Waals surface area contributed by atoms with Gasteiger partial charge in [-0.3, -0.25) is 19.3 Å². The molecule has 0 spiro atoms. The van der Waals surface area contributed by atoms with Crippen molar-refractivity contribution < 1.29 is 63.0 Å². The highest BCUT2D eigenvalue weighted by atomic mass is 127. The van der Waals surface area contributed by atoms with Crippen LogP contribution in [0.3, 0.4) is 0 Å². The van der Waals surface area contributed by atoms with E-state index in [-0.39, 0.29) is 50.8 Å². The topological polar surface area (TPSA) is 207 Å². The number of aryl methyl sites for hydroxylation is 1. The van der Waals surface area contributed by atoms with Crippen LogP contribution in [-0.2, 0) is 51.2 Å². The summed E-state index contributed by atoms with van der Waals surface area (Å²) in [6.45, 7) is 1.61. The largest absolute Gasteiger partial charge is 0.479 e. The number of hydrogen-bond donors (Lipinski definition) is 4. The van der Waals surface area contributed by atoms with Crippen LogP contribution >= 0.6 is 22.6 Å². The molecule has 3 rings (SSSR count). The first kappa shape index (κ1) is 35.3. The molecule has 242 valence electrons. The second-order valence-electron chi connectivity index (χ2n) is 9.79. The molecular weight excluding hydrogens is 699 g/mol. The van der Waals surface area contributed by atoms with E-state index in [1.807, 2.05) is 0 Å². The third kappa shape index (κ3) is 11.4. The predicted octanol–water partition coefficient (Wildman–Crippen LogP) is 0.456. The molecule has 1 saturated heterocycles. The number of imide groups is 1. The zero-order valence-electron chi connectivity index (χ0n) is 23.7. The van der Waals surface area contributed by atoms with Gasteiger partial charge in [0.25, 0.3) is 11.8 Å². The van der Waals surface area contributed by atoms with Crippen LogP contribution in [0.5, 0.6) is 5.75 Å². The molecule has 4 atom stereocenters. The molecule has 0 aliphatic carbocycles. The number of rotatable bonds is 18. The SMILES string of the molecule is O=C(CCN1C(=O)C=CC1=O)NCCOCCOCCCc1ccc(OC2C[C@@H](O)[C@H](O)[C@@H](C(=O)O)O2)c(COC(=O)I)c1. The van der Waals surface area contributed by atoms with Crippen molar-refractivity contribution in [2.24, 2.45) is 0 Å². The first-order chi connectivity index (χ1) is 21.0. The fraction of sp³-hybridized carbons (Fsp3) is 0.536. The zero-order chi connectivity index (χ0) is 32.1. The Kier molecular flexibility index (Phi) is 14.4. The molecule has 4 N–H and O–H groups in total. The van der Waals surface area contributed by atoms with E-state index in [4.69, 9.17) is 23.7 Å². The maximum absolute atomic E-state index is 11.9. The van der Waals surface area contributed by atoms with Gasteiger partial charge in [-0.25, -0.2) is 9.59 Å². The summed E-state index contributed by atoms with van der Waals surface area (Å²) in [6.07, 6.45) is -2.23. The lowest BCUT2D eigenvalue weighted by Gasteiger charge is -2.35. The van der Waals surface area contributed by atoms with Crippen LogP contribution in [0.25, 0.3) is 0 Å². The number of hydrogen-bond acceptors (Lipinski definition) is 12. The van der Waals surface area contributed by atoms with Gasteiger partial charge in [-0.1, -0.05) is 6.07 Å². The van der Waals surface area contributed by atoms with Crippen molar-refractivity contribution in [3.63, 3.8) is 0 Å². The van der Waals surface area contributed by atoms with Gasteiger partial charge in [-0.2, -0.15) is 0 Å². The number of carboxylic acids is 1. The third-order valence-corrected chi connectivity index (χ3v) is 6.87. The molecule has 0 saturated carbocycles. The molecule has 1 aromatic carbocycles. The fourth-order valence-electron chi connectivity index (χ4n) is 4.33. The number of benzene rings is 1. The van der Waals surface area contributed by atoms with Gasteiger partial charge in [0, 0.05) is 50.3 Å². The summed E-state index contributed by atoms with van der Waals surface area (Å²) in [5.74, 6) is -2.29. The summed E-state index contributed by atoms with van der Waals surface area (Å²) in [6, 6.07) is 5.22. The van der Waals surface area contributed by atoms with Crippen LogP contribution in [0.15, 0.2) is 30.4 Å². The van der Waals surface area contributed by atoms with Crippen molar-refractivity contribution in [2.75, 3.05) is 39.5 Å². The zero-order valence-corrected chi connectivity index (χ0v) is 25.9. The van der Waals surface area contributed by atoms with Gasteiger partial charge >= 0.3 is 9.95 Å². The van der Waals surface area contributed by atoms with E-state index in [9.17, 15) is 39.3 Å². The minimum Gasteiger partial charge on any atom is -0.479 e. The summed E-state index contributed by atoms with van der Waals surface area (Å²) in [4.78, 5) is 58.5. The van der Waals surface area contributed by atoms with Crippen molar-refractivity contribution in [1.82, 2.24) is 10.2 Å². The van der Waals surface area contributed by atoms with Crippen LogP contribution in [-0.4, -0.2) is 112 Å². The number of aliphatic hydroxyl groups is 2. The summed E-state index contributed by atoms with van der Waals surface area (Å²) in [5, 5.41) is 31.8. The highest BCUT2D eigenvalue weighted by Gasteiger charge is 2.42. The molecular formula is C28H35IN2O13. The monoisotopic (exact) mass is 734 g/mol. The quantitative estimate of drug-likeness (QED) is 0.0701. The number of carbonyl (C=O) groups excluding carboxylic acids is 4. The van der Waals surface area contributed by atoms with Crippen LogP contribution in [0.4, 0.5) is 4.79 Å². The maximum Gasteiger partial charge on any atom is 0.367 e. The Hall–Kier alpha value is -3.16. The average Bonchev–Trinajstić information content (AvgIpc) is 3.30. The molecule has 3 amide bonds. The van der Waals surface area contributed by atoms with Gasteiger partial charge in [0.05, 0.1) is 48.5 Å². The van der Waals surface area contributed by atoms with Crippen molar-refractivity contribution >= 4 is 50.3 Å². The predicted molar refractivity (Wildman–Crippen MR) is 158 cm³/mol. The number of nitrogens with one attached hydrogen (secondary N) is 1. The number of amides is 3. The van der Waals surface area contributed by atoms with Crippen molar-refractivity contribution in [1.29, 1.82) is 0 Å². The smallest absolute Gasteiger partial charge is 0.367 e. The van der Waals surface area contributed by atoms with Crippen molar-refractivity contribution in [2.45, 2.75) is 56.9 Å². The van der Waals surface area contributed by atoms with Gasteiger partial charge in [0.15, 0.2) is 6.10 Å². The van der Waals surface area contributed by atoms with Crippen molar-refractivity contribution in [3.8, 4) is 5.75 Å². The van der Waals surface area contributed by atoms with Gasteiger partial charge in [0.2, 0.25) is 12.2 Å². The third-order valence-electron chi connectivity index (χ3n) is 6.56. The van der Waals surface area contributed by atoms with Gasteiger partial charge in [-0.05, 0) is 30.5 Å². The molecule has 2 aliphatic rings. The van der Waals surface area contributed by atoms with Crippen LogP contribution in [0, 0.1) is 0 Å². The Labute approximate surface area is 266 Å². The minimum absolute atomic E-state index is 0.0141. The minimum atomic E-state index is -1.65. The summed E-state index contributed by atoms with van der Waals surface area (Å²) in [5.41, 5.74) is 1.42. The number of halogens is 1. The molecule has 15 nitrogen and oxygen atoms in total. The molecule has 1 fully saturated rings. The second-order valence-corrected chi connectivity index (χ2v) is 10.7. The first-order valence-corrected chi connectivity index (χ1v) is 14.9. The van der Waals surface area contributed by atoms with Crippen molar-refractivity contribution in [3.05, 3.63) is 41.5 Å². The van der Waals surface area contributed by atoms with E-state index in [1.54, 1.807) is 18.2 Å². The fourth-order valence-corrected chi connectivity index (χ4v) is 4.48. The molecule has 0 aromatic heterocycles. The molecule has 44 heavy (non-hydrogen) atoms. The summed E-state index contributed by atoms with van der Waals surface area (Å²) >= 11 is 1.50. The molecule has 2 aliphatic heterocycles. The van der Waals surface area contributed by atoms with E-state index >= 15 is 0 Å². The number of ether oxygens (including phenoxy) is 5. The van der Waals surface area contributed by atoms with E-state index in [0.29, 0.717) is 38.2 Å². The molecule has 16 heteroatoms. The van der Waals surface area contributed by atoms with Crippen LogP contribution in [0.1, 0.15) is 30.4 Å². The summed E-state index contributed by atoms with van der Waals surface area (Å²) in [7, 11) is 0. The number of aliphatic carboxylic acids is 1. The Morgan fingerprint density at radius 3 is 2.43 bits per heavy atom. The first-order valence-electron chi connectivity index (χ1n) is 13.9. The lowest BCUT2D eigenvalue weighted by molar-refractivity contribution is -0.228. The standard InChI is InChI=1S/C28H35IN2O13/c29-28(39)42-16-18-14-17(3-4-20(18)43-24-15-19(32)25(36)26(44-24)27(37)38)2-1-10-40-12-13-41-11-8-30-21(33)7-9-31-22(34)5-6-23(31)35/h3-6,14,19,24-26,32,36H,1-2,7-13,15-16H2,(H,30,33)(H,37,38)/t19-,24?,25+,26+/m1/s1. The highest BCUT2D eigenvalue weighted by molar-refractivity contribution is 14.1. The summed E-state index contributed by atoms with van der Waals surface area (Å²) < 4.78 is 26.7. The van der Waals surface area contributed by atoms with E-state index in [0.717, 1.165) is 10.5 Å². The van der Waals surface area contributed by atoms with Gasteiger partial charge < -0.3 is 44.3 Å². The maximum atomic E-state index is 11.9. The Balaban J connectivity index is 1.32. The second kappa shape index (κ2) is 18.0. The molecule has 1 unspecified atom stereocenters. The number of aliphatic hydroxyl groups excluding tert-OH is 2. The normalized spacial score (nSPS) is 21.4. The highest BCUT2D eigenvalue weighted by Crippen LogP contribution is 2.28. The van der Waals surface area contributed by atoms with E-state index in [2.05, 4.69) is 5.32 Å². The van der Waals surface area contributed by atoms with Crippen LogP contribution in [0.2, 0.25) is 0 Å².